The fourth-order valence-electron chi connectivity index (χ4n) is 2.11. The Morgan fingerprint density at radius 2 is 2.11 bits per heavy atom. The van der Waals surface area contributed by atoms with E-state index in [0.717, 1.165) is 0 Å². The van der Waals surface area contributed by atoms with E-state index in [0.29, 0.717) is 24.0 Å². The molecular weight excluding hydrogens is 264 g/mol. The SMILES string of the molecule is COC1CC(NS(=O)(=O)Cc2ccccc2C#N)C1. The molecule has 1 aromatic rings. The van der Waals surface area contributed by atoms with Crippen molar-refractivity contribution in [2.45, 2.75) is 30.7 Å². The monoisotopic (exact) mass is 280 g/mol. The van der Waals surface area contributed by atoms with Gasteiger partial charge in [0, 0.05) is 13.2 Å². The van der Waals surface area contributed by atoms with Crippen LogP contribution in [0.5, 0.6) is 0 Å². The molecule has 0 spiro atoms. The van der Waals surface area contributed by atoms with Crippen molar-refractivity contribution < 1.29 is 13.2 Å². The molecule has 0 saturated heterocycles. The lowest BCUT2D eigenvalue weighted by Crippen LogP contribution is -2.47. The molecule has 0 heterocycles. The Morgan fingerprint density at radius 1 is 1.42 bits per heavy atom. The zero-order valence-electron chi connectivity index (χ0n) is 10.7. The van der Waals surface area contributed by atoms with E-state index in [1.165, 1.54) is 0 Å². The van der Waals surface area contributed by atoms with Crippen molar-refractivity contribution in [1.29, 1.82) is 5.26 Å². The minimum atomic E-state index is -3.42. The summed E-state index contributed by atoms with van der Waals surface area (Å²) in [5, 5.41) is 8.94. The molecule has 6 heteroatoms. The van der Waals surface area contributed by atoms with Crippen molar-refractivity contribution in [3.8, 4) is 6.07 Å². The molecule has 0 unspecified atom stereocenters. The van der Waals surface area contributed by atoms with Crippen LogP contribution < -0.4 is 4.72 Å². The van der Waals surface area contributed by atoms with E-state index in [4.69, 9.17) is 10.00 Å². The van der Waals surface area contributed by atoms with Crippen molar-refractivity contribution >= 4 is 10.0 Å². The number of sulfonamides is 1. The standard InChI is InChI=1S/C13H16N2O3S/c1-18-13-6-12(7-13)15-19(16,17)9-11-5-3-2-4-10(11)8-14/h2-5,12-13,15H,6-7,9H2,1H3. The van der Waals surface area contributed by atoms with Crippen LogP contribution in [0.25, 0.3) is 0 Å². The second kappa shape index (κ2) is 5.70. The predicted octanol–water partition coefficient (Wildman–Crippen LogP) is 1.16. The van der Waals surface area contributed by atoms with Crippen LogP contribution >= 0.6 is 0 Å². The van der Waals surface area contributed by atoms with Crippen LogP contribution in [0.15, 0.2) is 24.3 Å². The largest absolute Gasteiger partial charge is 0.381 e. The van der Waals surface area contributed by atoms with Crippen molar-refractivity contribution in [2.75, 3.05) is 7.11 Å². The first-order valence-corrected chi connectivity index (χ1v) is 7.70. The molecule has 1 N–H and O–H groups in total. The van der Waals surface area contributed by atoms with Gasteiger partial charge in [0.15, 0.2) is 0 Å². The van der Waals surface area contributed by atoms with Gasteiger partial charge in [-0.25, -0.2) is 13.1 Å². The number of methoxy groups -OCH3 is 1. The Balaban J connectivity index is 2.00. The number of rotatable bonds is 5. The summed E-state index contributed by atoms with van der Waals surface area (Å²) in [4.78, 5) is 0. The molecular formula is C13H16N2O3S. The van der Waals surface area contributed by atoms with Crippen LogP contribution in [0.4, 0.5) is 0 Å². The first-order chi connectivity index (χ1) is 9.04. The molecule has 1 saturated carbocycles. The van der Waals surface area contributed by atoms with E-state index < -0.39 is 10.0 Å². The molecule has 102 valence electrons. The zero-order chi connectivity index (χ0) is 13.9. The lowest BCUT2D eigenvalue weighted by molar-refractivity contribution is 0.0236. The third-order valence-corrected chi connectivity index (χ3v) is 4.64. The van der Waals surface area contributed by atoms with Gasteiger partial charge in [0.05, 0.1) is 23.5 Å². The van der Waals surface area contributed by atoms with E-state index in [1.807, 2.05) is 6.07 Å². The van der Waals surface area contributed by atoms with Crippen molar-refractivity contribution in [1.82, 2.24) is 4.72 Å². The summed E-state index contributed by atoms with van der Waals surface area (Å²) in [6.45, 7) is 0. The number of hydrogen-bond acceptors (Lipinski definition) is 4. The first-order valence-electron chi connectivity index (χ1n) is 6.05. The fourth-order valence-corrected chi connectivity index (χ4v) is 3.55. The van der Waals surface area contributed by atoms with Gasteiger partial charge in [0.1, 0.15) is 0 Å². The van der Waals surface area contributed by atoms with Gasteiger partial charge in [-0.1, -0.05) is 18.2 Å². The number of hydrogen-bond donors (Lipinski definition) is 1. The highest BCUT2D eigenvalue weighted by Crippen LogP contribution is 2.23. The Hall–Kier alpha value is -1.42. The molecule has 0 amide bonds. The first kappa shape index (κ1) is 14.0. The molecule has 0 radical (unpaired) electrons. The molecule has 0 aromatic heterocycles. The molecule has 0 aliphatic heterocycles. The number of ether oxygens (including phenoxy) is 1. The van der Waals surface area contributed by atoms with E-state index >= 15 is 0 Å². The molecule has 19 heavy (non-hydrogen) atoms. The van der Waals surface area contributed by atoms with Gasteiger partial charge < -0.3 is 4.74 Å². The second-order valence-electron chi connectivity index (χ2n) is 4.67. The summed E-state index contributed by atoms with van der Waals surface area (Å²) in [6, 6.07) is 8.69. The normalized spacial score (nSPS) is 22.5. The smallest absolute Gasteiger partial charge is 0.216 e. The molecule has 1 aromatic carbocycles. The van der Waals surface area contributed by atoms with E-state index in [9.17, 15) is 8.42 Å². The highest BCUT2D eigenvalue weighted by molar-refractivity contribution is 7.88. The third-order valence-electron chi connectivity index (χ3n) is 3.26. The molecule has 2 rings (SSSR count). The highest BCUT2D eigenvalue weighted by Gasteiger charge is 2.32. The van der Waals surface area contributed by atoms with Crippen LogP contribution in [0.2, 0.25) is 0 Å². The van der Waals surface area contributed by atoms with E-state index in [1.54, 1.807) is 31.4 Å². The number of nitrogens with zero attached hydrogens (tertiary/aromatic N) is 1. The average molecular weight is 280 g/mol. The third kappa shape index (κ3) is 3.53. The van der Waals surface area contributed by atoms with Crippen LogP contribution in [-0.2, 0) is 20.5 Å². The number of nitrogens with one attached hydrogen (secondary N) is 1. The maximum absolute atomic E-state index is 12.0. The number of nitriles is 1. The molecule has 1 fully saturated rings. The zero-order valence-corrected chi connectivity index (χ0v) is 11.5. The molecule has 0 bridgehead atoms. The van der Waals surface area contributed by atoms with Crippen LogP contribution in [0.3, 0.4) is 0 Å². The van der Waals surface area contributed by atoms with E-state index in [-0.39, 0.29) is 17.9 Å². The van der Waals surface area contributed by atoms with Gasteiger partial charge >= 0.3 is 0 Å². The lowest BCUT2D eigenvalue weighted by Gasteiger charge is -2.34. The Kier molecular flexibility index (Phi) is 4.20. The predicted molar refractivity (Wildman–Crippen MR) is 70.7 cm³/mol. The molecule has 5 nitrogen and oxygen atoms in total. The van der Waals surface area contributed by atoms with Gasteiger partial charge in [-0.15, -0.1) is 0 Å². The van der Waals surface area contributed by atoms with Crippen molar-refractivity contribution in [3.63, 3.8) is 0 Å². The van der Waals surface area contributed by atoms with Crippen molar-refractivity contribution in [3.05, 3.63) is 35.4 Å². The summed E-state index contributed by atoms with van der Waals surface area (Å²) < 4.78 is 31.8. The Labute approximate surface area is 113 Å². The summed E-state index contributed by atoms with van der Waals surface area (Å²) in [5.74, 6) is -0.162. The average Bonchev–Trinajstić information content (AvgIpc) is 2.33. The topological polar surface area (TPSA) is 79.2 Å². The van der Waals surface area contributed by atoms with Gasteiger partial charge in [-0.2, -0.15) is 5.26 Å². The van der Waals surface area contributed by atoms with E-state index in [2.05, 4.69) is 4.72 Å². The Bertz CT molecular complexity index is 586. The van der Waals surface area contributed by atoms with Gasteiger partial charge in [-0.3, -0.25) is 0 Å². The van der Waals surface area contributed by atoms with Crippen molar-refractivity contribution in [2.24, 2.45) is 0 Å². The van der Waals surface area contributed by atoms with Gasteiger partial charge in [0.2, 0.25) is 10.0 Å². The van der Waals surface area contributed by atoms with Gasteiger partial charge in [0.25, 0.3) is 0 Å². The summed E-state index contributed by atoms with van der Waals surface area (Å²) >= 11 is 0. The quantitative estimate of drug-likeness (QED) is 0.877. The van der Waals surface area contributed by atoms with Crippen LogP contribution in [-0.4, -0.2) is 27.7 Å². The lowest BCUT2D eigenvalue weighted by atomic mass is 9.90. The second-order valence-corrected chi connectivity index (χ2v) is 6.43. The molecule has 1 aliphatic carbocycles. The number of benzene rings is 1. The molecule has 1 aliphatic rings. The minimum absolute atomic E-state index is 0.0517. The fraction of sp³-hybridized carbons (Fsp3) is 0.462. The van der Waals surface area contributed by atoms with Gasteiger partial charge in [-0.05, 0) is 24.5 Å². The summed E-state index contributed by atoms with van der Waals surface area (Å²) in [6.07, 6.45) is 1.56. The minimum Gasteiger partial charge on any atom is -0.381 e. The maximum atomic E-state index is 12.0. The van der Waals surface area contributed by atoms with Crippen LogP contribution in [0, 0.1) is 11.3 Å². The van der Waals surface area contributed by atoms with Crippen LogP contribution in [0.1, 0.15) is 24.0 Å². The summed E-state index contributed by atoms with van der Waals surface area (Å²) in [7, 11) is -1.79. The highest BCUT2D eigenvalue weighted by atomic mass is 32.2. The maximum Gasteiger partial charge on any atom is 0.216 e. The summed E-state index contributed by atoms with van der Waals surface area (Å²) in [5.41, 5.74) is 0.927. The Morgan fingerprint density at radius 3 is 2.74 bits per heavy atom. The molecule has 0 atom stereocenters.